The van der Waals surface area contributed by atoms with E-state index in [1.807, 2.05) is 30.3 Å². The molecular weight excluding hydrogens is 232 g/mol. The molecule has 2 amide bonds. The minimum absolute atomic E-state index is 0.254. The number of imide groups is 1. The lowest BCUT2D eigenvalue weighted by Crippen LogP contribution is -2.34. The normalized spacial score (nSPS) is 10.0. The summed E-state index contributed by atoms with van der Waals surface area (Å²) >= 11 is 0. The van der Waals surface area contributed by atoms with Crippen molar-refractivity contribution >= 4 is 11.9 Å². The summed E-state index contributed by atoms with van der Waals surface area (Å²) in [7, 11) is 0. The van der Waals surface area contributed by atoms with Gasteiger partial charge in [-0.1, -0.05) is 30.3 Å². The van der Waals surface area contributed by atoms with Crippen molar-refractivity contribution in [2.45, 2.75) is 12.8 Å². The Morgan fingerprint density at radius 2 is 2.00 bits per heavy atom. The first-order chi connectivity index (χ1) is 8.75. The minimum atomic E-state index is -0.592. The van der Waals surface area contributed by atoms with E-state index in [9.17, 15) is 9.59 Å². The summed E-state index contributed by atoms with van der Waals surface area (Å²) in [5.41, 5.74) is 1.06. The number of aromatic nitrogens is 3. The van der Waals surface area contributed by atoms with Gasteiger partial charge in [0.05, 0.1) is 0 Å². The predicted molar refractivity (Wildman–Crippen MR) is 63.7 cm³/mol. The zero-order valence-electron chi connectivity index (χ0n) is 9.61. The summed E-state index contributed by atoms with van der Waals surface area (Å²) in [5.74, 6) is -0.334. The Labute approximate surface area is 104 Å². The molecule has 2 rings (SSSR count). The lowest BCUT2D eigenvalue weighted by Gasteiger charge is -2.03. The van der Waals surface area contributed by atoms with E-state index in [1.165, 1.54) is 12.7 Å². The molecule has 0 fully saturated rings. The Morgan fingerprint density at radius 3 is 2.67 bits per heavy atom. The van der Waals surface area contributed by atoms with E-state index in [0.717, 1.165) is 10.2 Å². The summed E-state index contributed by atoms with van der Waals surface area (Å²) in [6, 6.07) is 9.02. The van der Waals surface area contributed by atoms with Crippen molar-refractivity contribution < 1.29 is 9.59 Å². The predicted octanol–water partition coefficient (Wildman–Crippen LogP) is 0.995. The molecule has 0 aliphatic rings. The third-order valence-corrected chi connectivity index (χ3v) is 2.36. The Kier molecular flexibility index (Phi) is 3.80. The van der Waals surface area contributed by atoms with Gasteiger partial charge in [0.1, 0.15) is 12.7 Å². The zero-order valence-corrected chi connectivity index (χ0v) is 9.61. The van der Waals surface area contributed by atoms with Crippen LogP contribution < -0.4 is 5.32 Å². The highest BCUT2D eigenvalue weighted by molar-refractivity contribution is 5.94. The van der Waals surface area contributed by atoms with Crippen molar-refractivity contribution in [3.63, 3.8) is 0 Å². The molecule has 0 spiro atoms. The molecule has 2 aromatic rings. The average Bonchev–Trinajstić information content (AvgIpc) is 2.91. The lowest BCUT2D eigenvalue weighted by atomic mass is 10.1. The largest absolute Gasteiger partial charge is 0.350 e. The first-order valence-electron chi connectivity index (χ1n) is 5.48. The van der Waals surface area contributed by atoms with Gasteiger partial charge in [-0.05, 0) is 12.0 Å². The molecular formula is C12H12N4O2. The van der Waals surface area contributed by atoms with Gasteiger partial charge in [0.15, 0.2) is 0 Å². The van der Waals surface area contributed by atoms with Gasteiger partial charge in [-0.25, -0.2) is 9.78 Å². The molecule has 1 aromatic heterocycles. The molecule has 1 N–H and O–H groups in total. The van der Waals surface area contributed by atoms with Crippen molar-refractivity contribution in [1.29, 1.82) is 0 Å². The molecule has 0 unspecified atom stereocenters. The summed E-state index contributed by atoms with van der Waals surface area (Å²) in [5, 5.41) is 5.86. The van der Waals surface area contributed by atoms with Crippen LogP contribution in [-0.4, -0.2) is 26.7 Å². The molecule has 0 saturated heterocycles. The van der Waals surface area contributed by atoms with Gasteiger partial charge in [-0.15, -0.1) is 0 Å². The second kappa shape index (κ2) is 5.72. The highest BCUT2D eigenvalue weighted by Gasteiger charge is 2.09. The maximum Gasteiger partial charge on any atom is 0.350 e. The molecule has 0 bridgehead atoms. The molecule has 0 aliphatic carbocycles. The third kappa shape index (κ3) is 3.24. The van der Waals surface area contributed by atoms with Crippen LogP contribution in [0.25, 0.3) is 0 Å². The zero-order chi connectivity index (χ0) is 12.8. The summed E-state index contributed by atoms with van der Waals surface area (Å²) in [6.45, 7) is 0. The van der Waals surface area contributed by atoms with E-state index in [2.05, 4.69) is 15.4 Å². The van der Waals surface area contributed by atoms with Crippen LogP contribution in [0.2, 0.25) is 0 Å². The molecule has 0 saturated carbocycles. The van der Waals surface area contributed by atoms with Crippen LogP contribution in [0.4, 0.5) is 4.79 Å². The molecule has 6 heteroatoms. The van der Waals surface area contributed by atoms with Crippen molar-refractivity contribution in [3.8, 4) is 0 Å². The van der Waals surface area contributed by atoms with Crippen LogP contribution >= 0.6 is 0 Å². The first kappa shape index (κ1) is 12.0. The Hall–Kier alpha value is -2.50. The Morgan fingerprint density at radius 1 is 1.22 bits per heavy atom. The van der Waals surface area contributed by atoms with Crippen LogP contribution in [0.3, 0.4) is 0 Å². The second-order valence-corrected chi connectivity index (χ2v) is 3.68. The number of aryl methyl sites for hydroxylation is 1. The van der Waals surface area contributed by atoms with E-state index in [4.69, 9.17) is 0 Å². The number of amides is 2. The van der Waals surface area contributed by atoms with E-state index in [1.54, 1.807) is 0 Å². The molecule has 18 heavy (non-hydrogen) atoms. The van der Waals surface area contributed by atoms with Gasteiger partial charge in [0.2, 0.25) is 5.91 Å². The molecule has 0 radical (unpaired) electrons. The fourth-order valence-electron chi connectivity index (χ4n) is 1.45. The van der Waals surface area contributed by atoms with Gasteiger partial charge < -0.3 is 0 Å². The molecule has 92 valence electrons. The minimum Gasteiger partial charge on any atom is -0.276 e. The van der Waals surface area contributed by atoms with Gasteiger partial charge in [0.25, 0.3) is 0 Å². The summed E-state index contributed by atoms with van der Waals surface area (Å²) < 4.78 is 0.973. The summed E-state index contributed by atoms with van der Waals surface area (Å²) in [6.07, 6.45) is 3.32. The van der Waals surface area contributed by atoms with Crippen LogP contribution in [0.15, 0.2) is 43.0 Å². The van der Waals surface area contributed by atoms with E-state index >= 15 is 0 Å². The van der Waals surface area contributed by atoms with Crippen LogP contribution in [0.5, 0.6) is 0 Å². The molecule has 1 aromatic carbocycles. The van der Waals surface area contributed by atoms with Crippen molar-refractivity contribution in [1.82, 2.24) is 20.1 Å². The molecule has 1 heterocycles. The Bertz CT molecular complexity index is 522. The number of nitrogens with one attached hydrogen (secondary N) is 1. The van der Waals surface area contributed by atoms with E-state index in [0.29, 0.717) is 6.42 Å². The molecule has 0 aliphatic heterocycles. The Balaban J connectivity index is 1.81. The van der Waals surface area contributed by atoms with Crippen LogP contribution in [0.1, 0.15) is 12.0 Å². The van der Waals surface area contributed by atoms with Crippen molar-refractivity contribution in [2.24, 2.45) is 0 Å². The highest BCUT2D eigenvalue weighted by Crippen LogP contribution is 2.02. The molecule has 6 nitrogen and oxygen atoms in total. The van der Waals surface area contributed by atoms with Crippen LogP contribution in [0, 0.1) is 0 Å². The smallest absolute Gasteiger partial charge is 0.276 e. The second-order valence-electron chi connectivity index (χ2n) is 3.68. The van der Waals surface area contributed by atoms with Gasteiger partial charge in [0, 0.05) is 6.42 Å². The fourth-order valence-corrected chi connectivity index (χ4v) is 1.45. The van der Waals surface area contributed by atoms with E-state index < -0.39 is 6.03 Å². The number of hydrogen-bond acceptors (Lipinski definition) is 4. The maximum absolute atomic E-state index is 11.5. The number of nitrogens with zero attached hydrogens (tertiary/aromatic N) is 3. The number of hydrogen-bond donors (Lipinski definition) is 1. The maximum atomic E-state index is 11.5. The SMILES string of the molecule is O=C(CCc1ccccc1)NC(=O)n1cncn1. The number of carbonyl (C=O) groups is 2. The van der Waals surface area contributed by atoms with Gasteiger partial charge in [-0.3, -0.25) is 10.1 Å². The summed E-state index contributed by atoms with van der Waals surface area (Å²) in [4.78, 5) is 26.6. The van der Waals surface area contributed by atoms with Crippen LogP contribution in [-0.2, 0) is 11.2 Å². The van der Waals surface area contributed by atoms with Crippen molar-refractivity contribution in [2.75, 3.05) is 0 Å². The number of rotatable bonds is 3. The first-order valence-corrected chi connectivity index (χ1v) is 5.48. The fraction of sp³-hybridized carbons (Fsp3) is 0.167. The standard InChI is InChI=1S/C12H12N4O2/c17-11(7-6-10-4-2-1-3-5-10)15-12(18)16-9-13-8-14-16/h1-5,8-9H,6-7H2,(H,15,17,18). The lowest BCUT2D eigenvalue weighted by molar-refractivity contribution is -0.120. The molecule has 0 atom stereocenters. The highest BCUT2D eigenvalue weighted by atomic mass is 16.2. The topological polar surface area (TPSA) is 76.9 Å². The monoisotopic (exact) mass is 244 g/mol. The third-order valence-electron chi connectivity index (χ3n) is 2.36. The van der Waals surface area contributed by atoms with Crippen molar-refractivity contribution in [3.05, 3.63) is 48.5 Å². The number of benzene rings is 1. The quantitative estimate of drug-likeness (QED) is 0.873. The number of carbonyl (C=O) groups excluding carboxylic acids is 2. The van der Waals surface area contributed by atoms with E-state index in [-0.39, 0.29) is 12.3 Å². The average molecular weight is 244 g/mol. The van der Waals surface area contributed by atoms with Gasteiger partial charge >= 0.3 is 6.03 Å². The van der Waals surface area contributed by atoms with Gasteiger partial charge in [-0.2, -0.15) is 9.78 Å².